The van der Waals surface area contributed by atoms with Gasteiger partial charge < -0.3 is 10.1 Å². The van der Waals surface area contributed by atoms with Crippen LogP contribution in [-0.4, -0.2) is 49.8 Å². The van der Waals surface area contributed by atoms with E-state index in [9.17, 15) is 0 Å². The Hall–Kier alpha value is -0.120. The van der Waals surface area contributed by atoms with Crippen molar-refractivity contribution in [2.75, 3.05) is 33.3 Å². The molecule has 1 atom stereocenters. The number of ether oxygens (including phenoxy) is 1. The van der Waals surface area contributed by atoms with E-state index in [1.54, 1.807) is 7.11 Å². The van der Waals surface area contributed by atoms with Crippen molar-refractivity contribution in [1.29, 1.82) is 0 Å². The molecule has 0 radical (unpaired) electrons. The monoisotopic (exact) mass is 214 g/mol. The molecule has 1 rings (SSSR count). The summed E-state index contributed by atoms with van der Waals surface area (Å²) in [5, 5.41) is 3.58. The van der Waals surface area contributed by atoms with E-state index in [2.05, 4.69) is 31.0 Å². The van der Waals surface area contributed by atoms with Crippen LogP contribution in [0, 0.1) is 0 Å². The molecule has 90 valence electrons. The summed E-state index contributed by atoms with van der Waals surface area (Å²) in [5.41, 5.74) is -0.0218. The number of hydrogen-bond donors (Lipinski definition) is 1. The maximum absolute atomic E-state index is 5.47. The highest BCUT2D eigenvalue weighted by Crippen LogP contribution is 2.12. The first-order valence-electron chi connectivity index (χ1n) is 6.08. The van der Waals surface area contributed by atoms with Crippen molar-refractivity contribution in [1.82, 2.24) is 10.2 Å². The molecule has 1 aliphatic rings. The van der Waals surface area contributed by atoms with Crippen molar-refractivity contribution >= 4 is 0 Å². The summed E-state index contributed by atoms with van der Waals surface area (Å²) in [6, 6.07) is 0.709. The van der Waals surface area contributed by atoms with Gasteiger partial charge in [0.15, 0.2) is 0 Å². The van der Waals surface area contributed by atoms with Crippen molar-refractivity contribution < 1.29 is 4.74 Å². The van der Waals surface area contributed by atoms with Gasteiger partial charge in [0.1, 0.15) is 0 Å². The van der Waals surface area contributed by atoms with E-state index in [-0.39, 0.29) is 5.60 Å². The number of nitrogens with zero attached hydrogens (tertiary/aromatic N) is 1. The van der Waals surface area contributed by atoms with Crippen molar-refractivity contribution in [2.45, 2.75) is 45.3 Å². The summed E-state index contributed by atoms with van der Waals surface area (Å²) < 4.78 is 5.47. The summed E-state index contributed by atoms with van der Waals surface area (Å²) in [4.78, 5) is 2.51. The lowest BCUT2D eigenvalue weighted by Crippen LogP contribution is -2.41. The molecule has 1 unspecified atom stereocenters. The van der Waals surface area contributed by atoms with Gasteiger partial charge in [0.05, 0.1) is 5.60 Å². The minimum atomic E-state index is -0.0218. The molecule has 1 saturated heterocycles. The van der Waals surface area contributed by atoms with E-state index < -0.39 is 0 Å². The van der Waals surface area contributed by atoms with Gasteiger partial charge in [-0.2, -0.15) is 0 Å². The second-order valence-electron chi connectivity index (χ2n) is 5.09. The molecule has 0 aromatic rings. The van der Waals surface area contributed by atoms with Crippen LogP contribution in [0.25, 0.3) is 0 Å². The maximum atomic E-state index is 5.47. The third kappa shape index (κ3) is 4.49. The Labute approximate surface area is 94.2 Å². The van der Waals surface area contributed by atoms with Crippen LogP contribution in [0.5, 0.6) is 0 Å². The highest BCUT2D eigenvalue weighted by molar-refractivity contribution is 4.79. The molecule has 0 saturated carbocycles. The zero-order chi connectivity index (χ0) is 11.3. The van der Waals surface area contributed by atoms with Gasteiger partial charge in [0.2, 0.25) is 0 Å². The highest BCUT2D eigenvalue weighted by atomic mass is 16.5. The zero-order valence-corrected chi connectivity index (χ0v) is 10.7. The normalized spacial score (nSPS) is 25.2. The van der Waals surface area contributed by atoms with Crippen LogP contribution in [0.4, 0.5) is 0 Å². The topological polar surface area (TPSA) is 24.5 Å². The second-order valence-corrected chi connectivity index (χ2v) is 5.09. The maximum Gasteiger partial charge on any atom is 0.0749 e. The number of nitrogens with one attached hydrogen (secondary N) is 1. The first kappa shape index (κ1) is 12.9. The molecule has 3 heteroatoms. The average Bonchev–Trinajstić information content (AvgIpc) is 2.43. The van der Waals surface area contributed by atoms with Crippen LogP contribution in [-0.2, 0) is 4.74 Å². The van der Waals surface area contributed by atoms with Gasteiger partial charge in [-0.3, -0.25) is 4.90 Å². The molecule has 0 spiro atoms. The molecule has 0 amide bonds. The van der Waals surface area contributed by atoms with Crippen LogP contribution in [0.1, 0.15) is 33.6 Å². The fourth-order valence-corrected chi connectivity index (χ4v) is 2.09. The third-order valence-electron chi connectivity index (χ3n) is 3.30. The van der Waals surface area contributed by atoms with Crippen molar-refractivity contribution in [3.8, 4) is 0 Å². The Bertz CT molecular complexity index is 182. The van der Waals surface area contributed by atoms with Crippen LogP contribution >= 0.6 is 0 Å². The number of methoxy groups -OCH3 is 1. The molecule has 15 heavy (non-hydrogen) atoms. The SMILES string of the molecule is CCC1CCN(CC(C)(C)OC)CCN1. The van der Waals surface area contributed by atoms with Gasteiger partial charge in [-0.1, -0.05) is 6.92 Å². The number of rotatable bonds is 4. The van der Waals surface area contributed by atoms with E-state index in [0.29, 0.717) is 6.04 Å². The minimum Gasteiger partial charge on any atom is -0.377 e. The standard InChI is InChI=1S/C12H26N2O/c1-5-11-6-8-14(9-7-13-11)10-12(2,3)15-4/h11,13H,5-10H2,1-4H3. The van der Waals surface area contributed by atoms with Gasteiger partial charge in [-0.25, -0.2) is 0 Å². The Morgan fingerprint density at radius 1 is 1.40 bits per heavy atom. The van der Waals surface area contributed by atoms with Gasteiger partial charge in [0, 0.05) is 32.8 Å². The van der Waals surface area contributed by atoms with E-state index in [1.165, 1.54) is 19.4 Å². The lowest BCUT2D eigenvalue weighted by molar-refractivity contribution is -0.00625. The minimum absolute atomic E-state index is 0.0218. The van der Waals surface area contributed by atoms with Crippen molar-refractivity contribution in [2.24, 2.45) is 0 Å². The van der Waals surface area contributed by atoms with E-state index in [1.807, 2.05) is 0 Å². The van der Waals surface area contributed by atoms with Gasteiger partial charge in [-0.15, -0.1) is 0 Å². The first-order valence-corrected chi connectivity index (χ1v) is 6.08. The lowest BCUT2D eigenvalue weighted by Gasteiger charge is -2.30. The summed E-state index contributed by atoms with van der Waals surface area (Å²) in [6.07, 6.45) is 2.50. The summed E-state index contributed by atoms with van der Waals surface area (Å²) in [5.74, 6) is 0. The largest absolute Gasteiger partial charge is 0.377 e. The molecule has 1 aliphatic heterocycles. The summed E-state index contributed by atoms with van der Waals surface area (Å²) >= 11 is 0. The Morgan fingerprint density at radius 3 is 2.73 bits per heavy atom. The van der Waals surface area contributed by atoms with Crippen LogP contribution < -0.4 is 5.32 Å². The van der Waals surface area contributed by atoms with Gasteiger partial charge in [-0.05, 0) is 33.2 Å². The fraction of sp³-hybridized carbons (Fsp3) is 1.00. The summed E-state index contributed by atoms with van der Waals surface area (Å²) in [7, 11) is 1.80. The molecule has 3 nitrogen and oxygen atoms in total. The van der Waals surface area contributed by atoms with Gasteiger partial charge in [0.25, 0.3) is 0 Å². The zero-order valence-electron chi connectivity index (χ0n) is 10.7. The third-order valence-corrected chi connectivity index (χ3v) is 3.30. The molecular formula is C12H26N2O. The summed E-state index contributed by atoms with van der Waals surface area (Å²) in [6.45, 7) is 11.0. The molecule has 1 N–H and O–H groups in total. The van der Waals surface area contributed by atoms with Crippen LogP contribution in [0.15, 0.2) is 0 Å². The molecule has 0 bridgehead atoms. The fourth-order valence-electron chi connectivity index (χ4n) is 2.09. The Balaban J connectivity index is 2.37. The second kappa shape index (κ2) is 5.83. The average molecular weight is 214 g/mol. The number of hydrogen-bond acceptors (Lipinski definition) is 3. The molecule has 1 heterocycles. The molecular weight excluding hydrogens is 188 g/mol. The van der Waals surface area contributed by atoms with Gasteiger partial charge >= 0.3 is 0 Å². The van der Waals surface area contributed by atoms with Crippen molar-refractivity contribution in [3.05, 3.63) is 0 Å². The molecule has 0 aliphatic carbocycles. The quantitative estimate of drug-likeness (QED) is 0.767. The highest BCUT2D eigenvalue weighted by Gasteiger charge is 2.23. The van der Waals surface area contributed by atoms with E-state index >= 15 is 0 Å². The molecule has 0 aromatic heterocycles. The van der Waals surface area contributed by atoms with Crippen LogP contribution in [0.2, 0.25) is 0 Å². The van der Waals surface area contributed by atoms with Crippen LogP contribution in [0.3, 0.4) is 0 Å². The van der Waals surface area contributed by atoms with E-state index in [4.69, 9.17) is 4.74 Å². The Morgan fingerprint density at radius 2 is 2.13 bits per heavy atom. The lowest BCUT2D eigenvalue weighted by atomic mass is 10.1. The smallest absolute Gasteiger partial charge is 0.0749 e. The first-order chi connectivity index (χ1) is 7.07. The van der Waals surface area contributed by atoms with Crippen molar-refractivity contribution in [3.63, 3.8) is 0 Å². The molecule has 1 fully saturated rings. The predicted octanol–water partition coefficient (Wildman–Crippen LogP) is 1.49. The molecule has 0 aromatic carbocycles. The Kier molecular flexibility index (Phi) is 5.03. The van der Waals surface area contributed by atoms with E-state index in [0.717, 1.165) is 19.6 Å². The predicted molar refractivity (Wildman–Crippen MR) is 64.2 cm³/mol.